The Balaban J connectivity index is 1.78. The zero-order valence-electron chi connectivity index (χ0n) is 12.5. The Morgan fingerprint density at radius 3 is 3.00 bits per heavy atom. The molecule has 1 saturated heterocycles. The van der Waals surface area contributed by atoms with E-state index in [0.717, 1.165) is 37.2 Å². The fourth-order valence-corrected chi connectivity index (χ4v) is 4.05. The van der Waals surface area contributed by atoms with Gasteiger partial charge in [0.1, 0.15) is 5.75 Å². The third-order valence-corrected chi connectivity index (χ3v) is 5.28. The molecule has 2 N–H and O–H groups in total. The highest BCUT2D eigenvalue weighted by Gasteiger charge is 2.20. The predicted molar refractivity (Wildman–Crippen MR) is 84.1 cm³/mol. The summed E-state index contributed by atoms with van der Waals surface area (Å²) >= 11 is 0. The SMILES string of the molecule is COc1cccc(CCNS(=O)(=O)CC2CCCNC2)c1. The second kappa shape index (κ2) is 7.77. The van der Waals surface area contributed by atoms with Gasteiger partial charge in [-0.05, 0) is 56.0 Å². The molecule has 1 aromatic carbocycles. The molecule has 2 rings (SSSR count). The van der Waals surface area contributed by atoms with Crippen LogP contribution < -0.4 is 14.8 Å². The molecule has 1 aliphatic heterocycles. The lowest BCUT2D eigenvalue weighted by atomic mass is 10.0. The molecule has 0 bridgehead atoms. The molecule has 0 amide bonds. The zero-order chi connectivity index (χ0) is 15.1. The summed E-state index contributed by atoms with van der Waals surface area (Å²) in [7, 11) is -1.56. The third kappa shape index (κ3) is 5.65. The van der Waals surface area contributed by atoms with Crippen molar-refractivity contribution < 1.29 is 13.2 Å². The lowest BCUT2D eigenvalue weighted by Gasteiger charge is -2.22. The topological polar surface area (TPSA) is 67.4 Å². The zero-order valence-corrected chi connectivity index (χ0v) is 13.3. The second-order valence-electron chi connectivity index (χ2n) is 5.49. The molecule has 1 fully saturated rings. The van der Waals surface area contributed by atoms with E-state index < -0.39 is 10.0 Å². The van der Waals surface area contributed by atoms with Gasteiger partial charge < -0.3 is 10.1 Å². The number of ether oxygens (including phenoxy) is 1. The summed E-state index contributed by atoms with van der Waals surface area (Å²) < 4.78 is 31.9. The van der Waals surface area contributed by atoms with Gasteiger partial charge in [-0.3, -0.25) is 0 Å². The van der Waals surface area contributed by atoms with Gasteiger partial charge in [-0.2, -0.15) is 0 Å². The molecule has 1 aliphatic rings. The maximum atomic E-state index is 12.0. The van der Waals surface area contributed by atoms with Crippen LogP contribution >= 0.6 is 0 Å². The van der Waals surface area contributed by atoms with Gasteiger partial charge in [-0.25, -0.2) is 13.1 Å². The molecule has 0 saturated carbocycles. The monoisotopic (exact) mass is 312 g/mol. The van der Waals surface area contributed by atoms with Crippen molar-refractivity contribution in [3.63, 3.8) is 0 Å². The van der Waals surface area contributed by atoms with Crippen LogP contribution in [-0.4, -0.2) is 40.9 Å². The summed E-state index contributed by atoms with van der Waals surface area (Å²) in [5.74, 6) is 1.25. The molecule has 0 aromatic heterocycles. The van der Waals surface area contributed by atoms with Gasteiger partial charge in [-0.15, -0.1) is 0 Å². The molecule has 1 heterocycles. The van der Waals surface area contributed by atoms with E-state index in [0.29, 0.717) is 13.0 Å². The van der Waals surface area contributed by atoms with Crippen LogP contribution in [0.5, 0.6) is 5.75 Å². The normalized spacial score (nSPS) is 19.4. The smallest absolute Gasteiger partial charge is 0.211 e. The summed E-state index contributed by atoms with van der Waals surface area (Å²) in [6.45, 7) is 2.23. The van der Waals surface area contributed by atoms with E-state index in [-0.39, 0.29) is 11.7 Å². The van der Waals surface area contributed by atoms with Crippen LogP contribution in [0.15, 0.2) is 24.3 Å². The van der Waals surface area contributed by atoms with Crippen LogP contribution in [0.2, 0.25) is 0 Å². The van der Waals surface area contributed by atoms with E-state index in [1.165, 1.54) is 0 Å². The molecule has 1 unspecified atom stereocenters. The van der Waals surface area contributed by atoms with Gasteiger partial charge in [0.2, 0.25) is 10.0 Å². The van der Waals surface area contributed by atoms with Crippen LogP contribution in [-0.2, 0) is 16.4 Å². The molecular formula is C15H24N2O3S. The van der Waals surface area contributed by atoms with Gasteiger partial charge in [0, 0.05) is 6.54 Å². The number of benzene rings is 1. The summed E-state index contributed by atoms with van der Waals surface area (Å²) in [5.41, 5.74) is 1.07. The average molecular weight is 312 g/mol. The van der Waals surface area contributed by atoms with Crippen molar-refractivity contribution in [1.29, 1.82) is 0 Å². The summed E-state index contributed by atoms with van der Waals surface area (Å²) in [6.07, 6.45) is 2.72. The predicted octanol–water partition coefficient (Wildman–Crippen LogP) is 1.16. The Morgan fingerprint density at radius 2 is 2.29 bits per heavy atom. The van der Waals surface area contributed by atoms with E-state index in [4.69, 9.17) is 4.74 Å². The first-order chi connectivity index (χ1) is 10.1. The van der Waals surface area contributed by atoms with Gasteiger partial charge in [0.05, 0.1) is 12.9 Å². The van der Waals surface area contributed by atoms with Crippen molar-refractivity contribution >= 4 is 10.0 Å². The molecule has 0 aliphatic carbocycles. The first-order valence-corrected chi connectivity index (χ1v) is 9.05. The number of methoxy groups -OCH3 is 1. The average Bonchev–Trinajstić information content (AvgIpc) is 2.48. The van der Waals surface area contributed by atoms with Crippen LogP contribution in [0.4, 0.5) is 0 Å². The molecule has 1 aromatic rings. The Bertz CT molecular complexity index is 540. The van der Waals surface area contributed by atoms with E-state index in [1.54, 1.807) is 7.11 Å². The van der Waals surface area contributed by atoms with Gasteiger partial charge in [-0.1, -0.05) is 12.1 Å². The number of piperidine rings is 1. The number of nitrogens with one attached hydrogen (secondary N) is 2. The lowest BCUT2D eigenvalue weighted by molar-refractivity contribution is 0.403. The lowest BCUT2D eigenvalue weighted by Crippen LogP contribution is -2.38. The maximum absolute atomic E-state index is 12.0. The van der Waals surface area contributed by atoms with Crippen molar-refractivity contribution in [1.82, 2.24) is 10.0 Å². The minimum Gasteiger partial charge on any atom is -0.497 e. The largest absolute Gasteiger partial charge is 0.497 e. The standard InChI is InChI=1S/C15H24N2O3S/c1-20-15-6-2-4-13(10-15)7-9-17-21(18,19)12-14-5-3-8-16-11-14/h2,4,6,10,14,16-17H,3,5,7-9,11-12H2,1H3. The van der Waals surface area contributed by atoms with Crippen LogP contribution in [0.25, 0.3) is 0 Å². The van der Waals surface area contributed by atoms with Gasteiger partial charge >= 0.3 is 0 Å². The minimum atomic E-state index is -3.19. The molecular weight excluding hydrogens is 288 g/mol. The van der Waals surface area contributed by atoms with Crippen LogP contribution in [0.3, 0.4) is 0 Å². The Labute approximate surface area is 127 Å². The maximum Gasteiger partial charge on any atom is 0.211 e. The minimum absolute atomic E-state index is 0.220. The summed E-state index contributed by atoms with van der Waals surface area (Å²) in [6, 6.07) is 7.70. The highest BCUT2D eigenvalue weighted by molar-refractivity contribution is 7.89. The molecule has 0 spiro atoms. The molecule has 21 heavy (non-hydrogen) atoms. The van der Waals surface area contributed by atoms with E-state index in [9.17, 15) is 8.42 Å². The van der Waals surface area contributed by atoms with Crippen molar-refractivity contribution in [3.05, 3.63) is 29.8 Å². The Kier molecular flexibility index (Phi) is 6.02. The van der Waals surface area contributed by atoms with Crippen LogP contribution in [0, 0.1) is 5.92 Å². The molecule has 5 nitrogen and oxygen atoms in total. The summed E-state index contributed by atoms with van der Waals surface area (Å²) in [4.78, 5) is 0. The first kappa shape index (κ1) is 16.3. The quantitative estimate of drug-likeness (QED) is 0.793. The Morgan fingerprint density at radius 1 is 1.43 bits per heavy atom. The fourth-order valence-electron chi connectivity index (χ4n) is 2.61. The first-order valence-electron chi connectivity index (χ1n) is 7.40. The highest BCUT2D eigenvalue weighted by Crippen LogP contribution is 2.13. The molecule has 118 valence electrons. The number of sulfonamides is 1. The highest BCUT2D eigenvalue weighted by atomic mass is 32.2. The van der Waals surface area contributed by atoms with E-state index in [1.807, 2.05) is 24.3 Å². The van der Waals surface area contributed by atoms with Crippen molar-refractivity contribution in [2.75, 3.05) is 32.5 Å². The number of rotatable bonds is 7. The Hall–Kier alpha value is -1.11. The third-order valence-electron chi connectivity index (χ3n) is 3.72. The summed E-state index contributed by atoms with van der Waals surface area (Å²) in [5, 5.41) is 3.25. The molecule has 6 heteroatoms. The van der Waals surface area contributed by atoms with Gasteiger partial charge in [0.25, 0.3) is 0 Å². The van der Waals surface area contributed by atoms with Crippen LogP contribution in [0.1, 0.15) is 18.4 Å². The molecule has 0 radical (unpaired) electrons. The van der Waals surface area contributed by atoms with Crippen molar-refractivity contribution in [2.45, 2.75) is 19.3 Å². The number of hydrogen-bond donors (Lipinski definition) is 2. The van der Waals surface area contributed by atoms with Crippen molar-refractivity contribution in [2.24, 2.45) is 5.92 Å². The van der Waals surface area contributed by atoms with Crippen molar-refractivity contribution in [3.8, 4) is 5.75 Å². The second-order valence-corrected chi connectivity index (χ2v) is 7.34. The van der Waals surface area contributed by atoms with Gasteiger partial charge in [0.15, 0.2) is 0 Å². The fraction of sp³-hybridized carbons (Fsp3) is 0.600. The molecule has 1 atom stereocenters. The van der Waals surface area contributed by atoms with E-state index >= 15 is 0 Å². The number of hydrogen-bond acceptors (Lipinski definition) is 4. The van der Waals surface area contributed by atoms with E-state index in [2.05, 4.69) is 10.0 Å².